The molecule has 0 saturated heterocycles. The molecule has 90 valence electrons. The summed E-state index contributed by atoms with van der Waals surface area (Å²) >= 11 is 4.94. The van der Waals surface area contributed by atoms with Crippen LogP contribution in [-0.4, -0.2) is 34.6 Å². The molecule has 0 spiro atoms. The molecule has 0 heterocycles. The number of halogens is 6. The normalized spacial score (nSPS) is 16.3. The molecule has 0 aromatic rings. The molecule has 8 heteroatoms. The second-order valence-corrected chi connectivity index (χ2v) is 4.50. The van der Waals surface area contributed by atoms with Gasteiger partial charge in [-0.25, -0.2) is 8.78 Å². The molecule has 0 aliphatic heterocycles. The molecule has 0 fully saturated rings. The molecule has 0 aliphatic carbocycles. The van der Waals surface area contributed by atoms with E-state index in [0.717, 1.165) is 0 Å². The Hall–Kier alpha value is 0.150. The average Bonchev–Trinajstić information content (AvgIpc) is 2.15. The molecular weight excluding hydrogens is 352 g/mol. The molecule has 0 aromatic carbocycles. The summed E-state index contributed by atoms with van der Waals surface area (Å²) < 4.78 is 53.8. The van der Waals surface area contributed by atoms with Crippen LogP contribution < -0.4 is 0 Å². The summed E-state index contributed by atoms with van der Waals surface area (Å²) in [7, 11) is 0. The first kappa shape index (κ1) is 15.2. The summed E-state index contributed by atoms with van der Waals surface area (Å²) in [5, 5.41) is 0. The van der Waals surface area contributed by atoms with Crippen LogP contribution in [0.3, 0.4) is 0 Å². The second-order valence-electron chi connectivity index (χ2n) is 2.53. The molecule has 0 aliphatic rings. The minimum Gasteiger partial charge on any atom is -0.465 e. The molecule has 0 radical (unpaired) electrons. The van der Waals surface area contributed by atoms with Crippen molar-refractivity contribution >= 4 is 37.8 Å². The summed E-state index contributed by atoms with van der Waals surface area (Å²) in [6, 6.07) is 0. The number of alkyl halides is 6. The fraction of sp³-hybridized carbons (Fsp3) is 0.857. The maximum absolute atomic E-state index is 12.8. The van der Waals surface area contributed by atoms with Gasteiger partial charge in [-0.3, -0.25) is 4.79 Å². The van der Waals surface area contributed by atoms with Crippen molar-refractivity contribution in [2.75, 3.05) is 6.61 Å². The van der Waals surface area contributed by atoms with Crippen molar-refractivity contribution in [2.24, 2.45) is 0 Å². The first-order valence-electron chi connectivity index (χ1n) is 3.85. The van der Waals surface area contributed by atoms with E-state index in [0.29, 0.717) is 0 Å². The van der Waals surface area contributed by atoms with Gasteiger partial charge >= 0.3 is 18.3 Å². The van der Waals surface area contributed by atoms with Gasteiger partial charge in [0.25, 0.3) is 0 Å². The van der Waals surface area contributed by atoms with E-state index < -0.39 is 28.0 Å². The van der Waals surface area contributed by atoms with Crippen LogP contribution in [0.1, 0.15) is 6.92 Å². The minimum atomic E-state index is -4.30. The largest absolute Gasteiger partial charge is 0.465 e. The third-order valence-electron chi connectivity index (χ3n) is 1.43. The first-order chi connectivity index (χ1) is 6.75. The van der Waals surface area contributed by atoms with Crippen LogP contribution in [0.25, 0.3) is 0 Å². The molecule has 2 unspecified atom stereocenters. The van der Waals surface area contributed by atoms with Crippen LogP contribution >= 0.6 is 31.9 Å². The highest BCUT2D eigenvalue weighted by Crippen LogP contribution is 2.36. The second kappa shape index (κ2) is 6.03. The third kappa shape index (κ3) is 3.90. The Morgan fingerprint density at radius 2 is 1.87 bits per heavy atom. The van der Waals surface area contributed by atoms with Crippen molar-refractivity contribution in [3.63, 3.8) is 0 Å². The van der Waals surface area contributed by atoms with Crippen molar-refractivity contribution in [1.82, 2.24) is 0 Å². The zero-order chi connectivity index (χ0) is 12.2. The highest BCUT2D eigenvalue weighted by molar-refractivity contribution is 9.12. The standard InChI is InChI=1S/C7H8Br2F4O2/c1-2-15-5(14)3(8)4(9)7(12,13)6(10)11/h3-4,6H,2H2,1H3. The van der Waals surface area contributed by atoms with Gasteiger partial charge in [0.2, 0.25) is 0 Å². The van der Waals surface area contributed by atoms with E-state index >= 15 is 0 Å². The zero-order valence-electron chi connectivity index (χ0n) is 7.52. The molecule has 2 nitrogen and oxygen atoms in total. The Kier molecular flexibility index (Phi) is 6.09. The highest BCUT2D eigenvalue weighted by Gasteiger charge is 2.52. The van der Waals surface area contributed by atoms with Crippen molar-refractivity contribution in [1.29, 1.82) is 0 Å². The van der Waals surface area contributed by atoms with Crippen LogP contribution in [0.5, 0.6) is 0 Å². The molecule has 2 atom stereocenters. The van der Waals surface area contributed by atoms with Gasteiger partial charge in [-0.1, -0.05) is 31.9 Å². The molecule has 15 heavy (non-hydrogen) atoms. The minimum absolute atomic E-state index is 0.0130. The van der Waals surface area contributed by atoms with E-state index in [1.54, 1.807) is 0 Å². The Labute approximate surface area is 101 Å². The van der Waals surface area contributed by atoms with E-state index in [1.165, 1.54) is 6.92 Å². The van der Waals surface area contributed by atoms with E-state index in [4.69, 9.17) is 0 Å². The van der Waals surface area contributed by atoms with Crippen LogP contribution in [0.15, 0.2) is 0 Å². The topological polar surface area (TPSA) is 26.3 Å². The van der Waals surface area contributed by atoms with E-state index in [1.807, 2.05) is 0 Å². The van der Waals surface area contributed by atoms with Crippen LogP contribution in [-0.2, 0) is 9.53 Å². The SMILES string of the molecule is CCOC(=O)C(Br)C(Br)C(F)(F)C(F)F. The molecule has 0 saturated carbocycles. The number of rotatable bonds is 5. The van der Waals surface area contributed by atoms with Crippen molar-refractivity contribution in [3.8, 4) is 0 Å². The lowest BCUT2D eigenvalue weighted by atomic mass is 10.2. The van der Waals surface area contributed by atoms with Gasteiger partial charge in [0.05, 0.1) is 6.61 Å². The fourth-order valence-electron chi connectivity index (χ4n) is 0.657. The van der Waals surface area contributed by atoms with Crippen molar-refractivity contribution < 1.29 is 27.1 Å². The predicted molar refractivity (Wildman–Crippen MR) is 53.0 cm³/mol. The number of hydrogen-bond donors (Lipinski definition) is 0. The lowest BCUT2D eigenvalue weighted by Gasteiger charge is -2.24. The van der Waals surface area contributed by atoms with Gasteiger partial charge in [0.1, 0.15) is 9.65 Å². The summed E-state index contributed by atoms with van der Waals surface area (Å²) in [5.74, 6) is -5.32. The average molecular weight is 360 g/mol. The fourth-order valence-corrected chi connectivity index (χ4v) is 1.56. The van der Waals surface area contributed by atoms with Gasteiger partial charge in [-0.15, -0.1) is 0 Å². The highest BCUT2D eigenvalue weighted by atomic mass is 79.9. The molecule has 0 aromatic heterocycles. The summed E-state index contributed by atoms with van der Waals surface area (Å²) in [6.45, 7) is 1.47. The van der Waals surface area contributed by atoms with E-state index in [-0.39, 0.29) is 6.61 Å². The number of hydrogen-bond acceptors (Lipinski definition) is 2. The number of esters is 1. The van der Waals surface area contributed by atoms with Crippen molar-refractivity contribution in [2.45, 2.75) is 28.9 Å². The maximum atomic E-state index is 12.8. The zero-order valence-corrected chi connectivity index (χ0v) is 10.7. The summed E-state index contributed by atoms with van der Waals surface area (Å²) in [5.41, 5.74) is 0. The Balaban J connectivity index is 4.56. The van der Waals surface area contributed by atoms with Crippen LogP contribution in [0.2, 0.25) is 0 Å². The summed E-state index contributed by atoms with van der Waals surface area (Å²) in [6.07, 6.45) is -3.85. The van der Waals surface area contributed by atoms with Gasteiger partial charge in [0.15, 0.2) is 0 Å². The molecule has 0 rings (SSSR count). The smallest absolute Gasteiger partial charge is 0.321 e. The van der Waals surface area contributed by atoms with Gasteiger partial charge < -0.3 is 4.74 Å². The van der Waals surface area contributed by atoms with Gasteiger partial charge in [0, 0.05) is 0 Å². The lowest BCUT2D eigenvalue weighted by Crippen LogP contribution is -2.44. The Bertz CT molecular complexity index is 225. The van der Waals surface area contributed by atoms with Gasteiger partial charge in [-0.2, -0.15) is 8.78 Å². The van der Waals surface area contributed by atoms with E-state index in [9.17, 15) is 22.4 Å². The number of ether oxygens (including phenoxy) is 1. The lowest BCUT2D eigenvalue weighted by molar-refractivity contribution is -0.150. The van der Waals surface area contributed by atoms with Gasteiger partial charge in [-0.05, 0) is 6.92 Å². The molecule has 0 N–H and O–H groups in total. The monoisotopic (exact) mass is 358 g/mol. The predicted octanol–water partition coefficient (Wildman–Crippen LogP) is 2.98. The number of carbonyl (C=O) groups excluding carboxylic acids is 1. The maximum Gasteiger partial charge on any atom is 0.321 e. The molecule has 0 amide bonds. The molecular formula is C7H8Br2F4O2. The Morgan fingerprint density at radius 3 is 2.20 bits per heavy atom. The van der Waals surface area contributed by atoms with Crippen molar-refractivity contribution in [3.05, 3.63) is 0 Å². The quantitative estimate of drug-likeness (QED) is 0.428. The van der Waals surface area contributed by atoms with Crippen LogP contribution in [0, 0.1) is 0 Å². The summed E-state index contributed by atoms with van der Waals surface area (Å²) in [4.78, 5) is 7.43. The molecule has 0 bridgehead atoms. The third-order valence-corrected chi connectivity index (χ3v) is 4.18. The number of carbonyl (C=O) groups is 1. The van der Waals surface area contributed by atoms with E-state index in [2.05, 4.69) is 36.6 Å². The first-order valence-corrected chi connectivity index (χ1v) is 5.69. The van der Waals surface area contributed by atoms with Crippen LogP contribution in [0.4, 0.5) is 17.6 Å². The Morgan fingerprint density at radius 1 is 1.40 bits per heavy atom.